The molecule has 1 amide bonds. The predicted octanol–water partition coefficient (Wildman–Crippen LogP) is 5.51. The summed E-state index contributed by atoms with van der Waals surface area (Å²) in [6.07, 6.45) is -0.674. The number of amides is 1. The zero-order valence-corrected chi connectivity index (χ0v) is 19.2. The SMILES string of the molecule is COC(=O)Nc1ccc2c(-c3nc(N[SiH]4CCCC4)ncc3C(F)(F)F)c[nH]c2c1Br. The smallest absolute Gasteiger partial charge is 0.419 e. The van der Waals surface area contributed by atoms with Crippen molar-refractivity contribution >= 4 is 53.5 Å². The van der Waals surface area contributed by atoms with Crippen LogP contribution in [0.1, 0.15) is 18.4 Å². The van der Waals surface area contributed by atoms with Gasteiger partial charge in [0, 0.05) is 23.3 Å². The van der Waals surface area contributed by atoms with Crippen molar-refractivity contribution < 1.29 is 22.7 Å². The minimum atomic E-state index is -4.61. The number of aromatic amines is 1. The highest BCUT2D eigenvalue weighted by Crippen LogP contribution is 2.41. The fraction of sp³-hybridized carbons (Fsp3) is 0.316. The number of hydrogen-bond acceptors (Lipinski definition) is 5. The van der Waals surface area contributed by atoms with E-state index in [0.717, 1.165) is 31.1 Å². The summed E-state index contributed by atoms with van der Waals surface area (Å²) in [5.41, 5.74) is 0.145. The van der Waals surface area contributed by atoms with E-state index < -0.39 is 26.8 Å². The van der Waals surface area contributed by atoms with E-state index in [-0.39, 0.29) is 11.6 Å². The van der Waals surface area contributed by atoms with Crippen LogP contribution in [0.15, 0.2) is 29.0 Å². The summed E-state index contributed by atoms with van der Waals surface area (Å²) < 4.78 is 46.3. The van der Waals surface area contributed by atoms with Gasteiger partial charge in [-0.15, -0.1) is 0 Å². The van der Waals surface area contributed by atoms with E-state index in [4.69, 9.17) is 0 Å². The van der Waals surface area contributed by atoms with Crippen LogP contribution in [0, 0.1) is 0 Å². The van der Waals surface area contributed by atoms with E-state index in [1.807, 2.05) is 0 Å². The van der Waals surface area contributed by atoms with Crippen molar-refractivity contribution in [3.63, 3.8) is 0 Å². The van der Waals surface area contributed by atoms with Crippen molar-refractivity contribution in [2.45, 2.75) is 31.1 Å². The molecule has 7 nitrogen and oxygen atoms in total. The number of carbonyl (C=O) groups excluding carboxylic acids is 1. The van der Waals surface area contributed by atoms with Crippen LogP contribution >= 0.6 is 15.9 Å². The Bertz CT molecular complexity index is 1130. The first kappa shape index (κ1) is 21.6. The average molecular weight is 514 g/mol. The van der Waals surface area contributed by atoms with Crippen molar-refractivity contribution in [3.05, 3.63) is 34.6 Å². The Morgan fingerprint density at radius 3 is 2.71 bits per heavy atom. The number of hydrogen-bond donors (Lipinski definition) is 3. The number of anilines is 2. The average Bonchev–Trinajstić information content (AvgIpc) is 3.39. The Labute approximate surface area is 185 Å². The largest absolute Gasteiger partial charge is 0.453 e. The standard InChI is InChI=1S/C19H19BrF3N5O2Si/c1-30-18(29)26-13-5-4-10-11(8-24-16(10)14(13)20)15-12(19(21,22)23)9-25-17(27-15)28-31-6-2-3-7-31/h4-5,8-9,24,31H,2-3,6-7H2,1H3,(H,26,29)(H,25,27,28). The summed E-state index contributed by atoms with van der Waals surface area (Å²) in [5, 5.41) is 3.07. The predicted molar refractivity (Wildman–Crippen MR) is 118 cm³/mol. The third kappa shape index (κ3) is 4.40. The number of carbonyl (C=O) groups is 1. The first-order valence-corrected chi connectivity index (χ1v) is 12.6. The molecule has 0 bridgehead atoms. The lowest BCUT2D eigenvalue weighted by Gasteiger charge is -2.15. The molecule has 0 saturated carbocycles. The summed E-state index contributed by atoms with van der Waals surface area (Å²) >= 11 is 3.39. The normalized spacial score (nSPS) is 14.7. The van der Waals surface area contributed by atoms with Crippen LogP contribution in [0.5, 0.6) is 0 Å². The monoisotopic (exact) mass is 513 g/mol. The highest BCUT2D eigenvalue weighted by atomic mass is 79.9. The molecular formula is C19H19BrF3N5O2Si. The summed E-state index contributed by atoms with van der Waals surface area (Å²) in [7, 11) is -0.0317. The van der Waals surface area contributed by atoms with E-state index in [0.29, 0.717) is 26.6 Å². The number of benzene rings is 1. The Balaban J connectivity index is 1.79. The van der Waals surface area contributed by atoms with E-state index in [9.17, 15) is 18.0 Å². The van der Waals surface area contributed by atoms with Gasteiger partial charge in [0.1, 0.15) is 14.5 Å². The molecule has 1 fully saturated rings. The van der Waals surface area contributed by atoms with E-state index in [1.165, 1.54) is 13.3 Å². The Kier molecular flexibility index (Phi) is 5.93. The van der Waals surface area contributed by atoms with Crippen molar-refractivity contribution in [1.82, 2.24) is 15.0 Å². The number of nitrogens with one attached hydrogen (secondary N) is 3. The maximum absolute atomic E-state index is 13.7. The summed E-state index contributed by atoms with van der Waals surface area (Å²) in [6, 6.07) is 5.36. The van der Waals surface area contributed by atoms with E-state index >= 15 is 0 Å². The number of methoxy groups -OCH3 is 1. The molecule has 0 unspecified atom stereocenters. The molecule has 1 saturated heterocycles. The quantitative estimate of drug-likeness (QED) is 0.399. The van der Waals surface area contributed by atoms with Crippen LogP contribution in [0.3, 0.4) is 0 Å². The topological polar surface area (TPSA) is 91.9 Å². The third-order valence-corrected chi connectivity index (χ3v) is 8.95. The van der Waals surface area contributed by atoms with Gasteiger partial charge in [0.05, 0.1) is 28.5 Å². The van der Waals surface area contributed by atoms with Crippen LogP contribution in [0.25, 0.3) is 22.2 Å². The van der Waals surface area contributed by atoms with Gasteiger partial charge in [-0.2, -0.15) is 13.2 Å². The van der Waals surface area contributed by atoms with Gasteiger partial charge in [-0.3, -0.25) is 5.32 Å². The van der Waals surface area contributed by atoms with Crippen molar-refractivity contribution in [1.29, 1.82) is 0 Å². The molecule has 3 heterocycles. The van der Waals surface area contributed by atoms with Crippen molar-refractivity contribution in [3.8, 4) is 11.3 Å². The molecule has 3 N–H and O–H groups in total. The van der Waals surface area contributed by atoms with Gasteiger partial charge >= 0.3 is 12.3 Å². The fourth-order valence-electron chi connectivity index (χ4n) is 3.73. The highest BCUT2D eigenvalue weighted by molar-refractivity contribution is 9.10. The zero-order chi connectivity index (χ0) is 22.2. The lowest BCUT2D eigenvalue weighted by Crippen LogP contribution is -2.22. The number of ether oxygens (including phenoxy) is 1. The van der Waals surface area contributed by atoms with E-state index in [1.54, 1.807) is 12.1 Å². The van der Waals surface area contributed by atoms with Gasteiger partial charge < -0.3 is 14.7 Å². The number of H-pyrrole nitrogens is 1. The van der Waals surface area contributed by atoms with Crippen LogP contribution in [-0.2, 0) is 10.9 Å². The van der Waals surface area contributed by atoms with Crippen LogP contribution < -0.4 is 10.3 Å². The van der Waals surface area contributed by atoms with Crippen LogP contribution in [0.4, 0.5) is 29.6 Å². The van der Waals surface area contributed by atoms with Gasteiger partial charge in [-0.1, -0.05) is 18.9 Å². The van der Waals surface area contributed by atoms with Crippen molar-refractivity contribution in [2.75, 3.05) is 17.4 Å². The van der Waals surface area contributed by atoms with Gasteiger partial charge in [0.25, 0.3) is 0 Å². The zero-order valence-electron chi connectivity index (χ0n) is 16.4. The molecule has 164 valence electrons. The number of halogens is 4. The molecule has 2 aromatic heterocycles. The van der Waals surface area contributed by atoms with Crippen LogP contribution in [0.2, 0.25) is 12.1 Å². The number of rotatable bonds is 4. The first-order chi connectivity index (χ1) is 14.8. The highest BCUT2D eigenvalue weighted by Gasteiger charge is 2.36. The van der Waals surface area contributed by atoms with E-state index in [2.05, 4.69) is 45.9 Å². The molecule has 0 aliphatic carbocycles. The minimum absolute atomic E-state index is 0.191. The molecular weight excluding hydrogens is 495 g/mol. The molecule has 12 heteroatoms. The number of nitrogens with zero attached hydrogens (tertiary/aromatic N) is 2. The van der Waals surface area contributed by atoms with Gasteiger partial charge in [-0.25, -0.2) is 14.8 Å². The lowest BCUT2D eigenvalue weighted by molar-refractivity contribution is -0.137. The number of fused-ring (bicyclic) bond motifs is 1. The first-order valence-electron chi connectivity index (χ1n) is 9.63. The molecule has 0 radical (unpaired) electrons. The summed E-state index contributed by atoms with van der Waals surface area (Å²) in [5.74, 6) is 0.235. The maximum atomic E-state index is 13.7. The van der Waals surface area contributed by atoms with Crippen LogP contribution in [-0.4, -0.2) is 37.1 Å². The van der Waals surface area contributed by atoms with Gasteiger partial charge in [0.15, 0.2) is 0 Å². The number of alkyl halides is 3. The molecule has 3 aromatic rings. The second-order valence-corrected chi connectivity index (χ2v) is 10.9. The summed E-state index contributed by atoms with van der Waals surface area (Å²) in [6.45, 7) is 0. The van der Waals surface area contributed by atoms with Gasteiger partial charge in [0.2, 0.25) is 5.95 Å². The molecule has 4 rings (SSSR count). The maximum Gasteiger partial charge on any atom is 0.419 e. The minimum Gasteiger partial charge on any atom is -0.453 e. The van der Waals surface area contributed by atoms with Gasteiger partial charge in [-0.05, 0) is 34.1 Å². The second kappa shape index (κ2) is 8.50. The molecule has 31 heavy (non-hydrogen) atoms. The molecule has 1 aliphatic heterocycles. The van der Waals surface area contributed by atoms with Crippen molar-refractivity contribution in [2.24, 2.45) is 0 Å². The Hall–Kier alpha value is -2.60. The molecule has 1 aromatic carbocycles. The Morgan fingerprint density at radius 1 is 1.29 bits per heavy atom. The lowest BCUT2D eigenvalue weighted by atomic mass is 10.1. The second-order valence-electron chi connectivity index (χ2n) is 7.25. The fourth-order valence-corrected chi connectivity index (χ4v) is 6.94. The molecule has 0 atom stereocenters. The summed E-state index contributed by atoms with van der Waals surface area (Å²) in [4.78, 5) is 26.0. The Morgan fingerprint density at radius 2 is 2.03 bits per heavy atom. The molecule has 1 aliphatic rings. The molecule has 0 spiro atoms. The number of aromatic nitrogens is 3. The third-order valence-electron chi connectivity index (χ3n) is 5.25.